The predicted molar refractivity (Wildman–Crippen MR) is 197 cm³/mol. The van der Waals surface area contributed by atoms with Gasteiger partial charge in [0.1, 0.15) is 6.61 Å². The zero-order valence-electron chi connectivity index (χ0n) is 30.5. The summed E-state index contributed by atoms with van der Waals surface area (Å²) in [5.74, 6) is -0.856. The highest BCUT2D eigenvalue weighted by Gasteiger charge is 2.25. The Hall–Kier alpha value is -1.77. The molecule has 0 fully saturated rings. The van der Waals surface area contributed by atoms with E-state index in [0.717, 1.165) is 57.8 Å². The van der Waals surface area contributed by atoms with Crippen molar-refractivity contribution in [3.8, 4) is 0 Å². The Kier molecular flexibility index (Phi) is 33.8. The molecule has 0 aromatic carbocycles. The van der Waals surface area contributed by atoms with E-state index in [4.69, 9.17) is 24.3 Å². The summed E-state index contributed by atoms with van der Waals surface area (Å²) >= 11 is 0. The number of carbonyl (C=O) groups is 2. The molecule has 0 amide bonds. The fraction of sp³-hybridized carbons (Fsp3) is 0.789. The molecule has 10 heteroatoms. The molecule has 0 saturated heterocycles. The average molecular weight is 700 g/mol. The molecule has 48 heavy (non-hydrogen) atoms. The van der Waals surface area contributed by atoms with E-state index >= 15 is 0 Å². The maximum Gasteiger partial charge on any atom is 0.472 e. The van der Waals surface area contributed by atoms with Crippen LogP contribution >= 0.6 is 7.82 Å². The first kappa shape index (κ1) is 46.2. The van der Waals surface area contributed by atoms with Gasteiger partial charge in [-0.2, -0.15) is 0 Å². The van der Waals surface area contributed by atoms with Crippen molar-refractivity contribution in [3.63, 3.8) is 0 Å². The summed E-state index contributed by atoms with van der Waals surface area (Å²) < 4.78 is 32.6. The second kappa shape index (κ2) is 35.1. The maximum absolute atomic E-state index is 12.5. The summed E-state index contributed by atoms with van der Waals surface area (Å²) in [4.78, 5) is 34.6. The smallest absolute Gasteiger partial charge is 0.462 e. The minimum Gasteiger partial charge on any atom is -0.462 e. The van der Waals surface area contributed by atoms with Crippen LogP contribution in [0.5, 0.6) is 0 Å². The van der Waals surface area contributed by atoms with E-state index in [1.165, 1.54) is 64.2 Å². The number of allylic oxidation sites excluding steroid dienone is 6. The van der Waals surface area contributed by atoms with Gasteiger partial charge in [-0.3, -0.25) is 18.6 Å². The molecule has 1 unspecified atom stereocenters. The zero-order chi connectivity index (χ0) is 35.4. The number of carbonyl (C=O) groups excluding carboxylic acids is 2. The van der Waals surface area contributed by atoms with Gasteiger partial charge in [0.2, 0.25) is 0 Å². The van der Waals surface area contributed by atoms with E-state index in [1.807, 2.05) is 0 Å². The largest absolute Gasteiger partial charge is 0.472 e. The van der Waals surface area contributed by atoms with Crippen molar-refractivity contribution in [1.82, 2.24) is 0 Å². The van der Waals surface area contributed by atoms with Gasteiger partial charge in [-0.15, -0.1) is 0 Å². The summed E-state index contributed by atoms with van der Waals surface area (Å²) in [6.45, 7) is 3.65. The van der Waals surface area contributed by atoms with Crippen molar-refractivity contribution in [3.05, 3.63) is 36.5 Å². The second-order valence-corrected chi connectivity index (χ2v) is 13.9. The Labute approximate surface area is 293 Å². The summed E-state index contributed by atoms with van der Waals surface area (Å²) in [6.07, 6.45) is 36.0. The summed E-state index contributed by atoms with van der Waals surface area (Å²) in [7, 11) is -4.37. The Bertz CT molecular complexity index is 892. The van der Waals surface area contributed by atoms with Crippen LogP contribution in [-0.4, -0.2) is 49.3 Å². The van der Waals surface area contributed by atoms with Crippen LogP contribution in [0.25, 0.3) is 0 Å². The quantitative estimate of drug-likeness (QED) is 0.0287. The highest BCUT2D eigenvalue weighted by atomic mass is 31.2. The molecule has 0 aliphatic rings. The number of esters is 2. The Balaban J connectivity index is 4.24. The highest BCUT2D eigenvalue weighted by molar-refractivity contribution is 7.47. The van der Waals surface area contributed by atoms with E-state index in [2.05, 4.69) is 50.3 Å². The van der Waals surface area contributed by atoms with Crippen molar-refractivity contribution < 1.29 is 37.6 Å². The fourth-order valence-electron chi connectivity index (χ4n) is 4.93. The van der Waals surface area contributed by atoms with Gasteiger partial charge >= 0.3 is 19.8 Å². The van der Waals surface area contributed by atoms with Gasteiger partial charge in [-0.1, -0.05) is 134 Å². The molecular formula is C38H70NO8P. The lowest BCUT2D eigenvalue weighted by molar-refractivity contribution is -0.161. The van der Waals surface area contributed by atoms with Crippen molar-refractivity contribution in [1.29, 1.82) is 0 Å². The number of hydrogen-bond acceptors (Lipinski definition) is 8. The Morgan fingerprint density at radius 2 is 1.08 bits per heavy atom. The van der Waals surface area contributed by atoms with Crippen LogP contribution in [-0.2, 0) is 32.7 Å². The molecule has 0 heterocycles. The van der Waals surface area contributed by atoms with E-state index in [9.17, 15) is 19.0 Å². The summed E-state index contributed by atoms with van der Waals surface area (Å²) in [5.41, 5.74) is 5.32. The van der Waals surface area contributed by atoms with E-state index in [-0.39, 0.29) is 32.6 Å². The second-order valence-electron chi connectivity index (χ2n) is 12.4. The van der Waals surface area contributed by atoms with Crippen molar-refractivity contribution in [2.24, 2.45) is 5.73 Å². The highest BCUT2D eigenvalue weighted by Crippen LogP contribution is 2.43. The maximum atomic E-state index is 12.5. The minimum atomic E-state index is -4.37. The lowest BCUT2D eigenvalue weighted by Crippen LogP contribution is -2.29. The molecule has 0 radical (unpaired) electrons. The summed E-state index contributed by atoms with van der Waals surface area (Å²) in [5, 5.41) is 0. The van der Waals surface area contributed by atoms with Crippen LogP contribution in [0.4, 0.5) is 0 Å². The monoisotopic (exact) mass is 699 g/mol. The molecule has 280 valence electrons. The molecule has 9 nitrogen and oxygen atoms in total. The molecule has 0 aromatic heterocycles. The first-order chi connectivity index (χ1) is 23.3. The SMILES string of the molecule is CCCCC/C=C/C/C=C/C/C=C/CCCCCCC(=O)OC[C@@H](COP(=O)(O)OCCN)OC(=O)CCCCCCCCCCCC. The first-order valence-corrected chi connectivity index (χ1v) is 20.5. The van der Waals surface area contributed by atoms with Gasteiger partial charge in [0.05, 0.1) is 13.2 Å². The van der Waals surface area contributed by atoms with Gasteiger partial charge in [0, 0.05) is 19.4 Å². The number of phosphoric ester groups is 1. The van der Waals surface area contributed by atoms with Crippen molar-refractivity contribution in [2.45, 2.75) is 168 Å². The van der Waals surface area contributed by atoms with Crippen LogP contribution in [0.3, 0.4) is 0 Å². The first-order valence-electron chi connectivity index (χ1n) is 19.0. The lowest BCUT2D eigenvalue weighted by atomic mass is 10.1. The van der Waals surface area contributed by atoms with Crippen LogP contribution in [0, 0.1) is 0 Å². The number of ether oxygens (including phenoxy) is 2. The Morgan fingerprint density at radius 1 is 0.625 bits per heavy atom. The van der Waals surface area contributed by atoms with Crippen LogP contribution in [0.15, 0.2) is 36.5 Å². The van der Waals surface area contributed by atoms with Crippen LogP contribution < -0.4 is 5.73 Å². The minimum absolute atomic E-state index is 0.0503. The van der Waals surface area contributed by atoms with Crippen molar-refractivity contribution in [2.75, 3.05) is 26.4 Å². The third-order valence-corrected chi connectivity index (χ3v) is 8.76. The van der Waals surface area contributed by atoms with E-state index in [1.54, 1.807) is 0 Å². The normalized spacial score (nSPS) is 13.8. The van der Waals surface area contributed by atoms with Crippen LogP contribution in [0.1, 0.15) is 162 Å². The molecule has 0 rings (SSSR count). The number of phosphoric acid groups is 1. The molecule has 0 aliphatic heterocycles. The van der Waals surface area contributed by atoms with Crippen molar-refractivity contribution >= 4 is 19.8 Å². The zero-order valence-corrected chi connectivity index (χ0v) is 31.4. The van der Waals surface area contributed by atoms with Gasteiger partial charge < -0.3 is 20.1 Å². The van der Waals surface area contributed by atoms with E-state index in [0.29, 0.717) is 12.8 Å². The van der Waals surface area contributed by atoms with Gasteiger partial charge in [-0.25, -0.2) is 4.57 Å². The molecule has 0 aromatic rings. The number of unbranched alkanes of at least 4 members (excludes halogenated alkanes) is 16. The molecule has 2 atom stereocenters. The van der Waals surface area contributed by atoms with Gasteiger partial charge in [0.25, 0.3) is 0 Å². The summed E-state index contributed by atoms with van der Waals surface area (Å²) in [6, 6.07) is 0. The molecule has 0 bridgehead atoms. The number of nitrogens with two attached hydrogens (primary N) is 1. The molecule has 0 saturated carbocycles. The average Bonchev–Trinajstić information content (AvgIpc) is 3.07. The molecule has 3 N–H and O–H groups in total. The third kappa shape index (κ3) is 34.1. The number of hydrogen-bond donors (Lipinski definition) is 2. The van der Waals surface area contributed by atoms with Gasteiger partial charge in [-0.05, 0) is 51.4 Å². The topological polar surface area (TPSA) is 134 Å². The van der Waals surface area contributed by atoms with E-state index < -0.39 is 32.5 Å². The molecular weight excluding hydrogens is 629 g/mol. The molecule has 0 spiro atoms. The Morgan fingerprint density at radius 3 is 1.65 bits per heavy atom. The molecule has 0 aliphatic carbocycles. The predicted octanol–water partition coefficient (Wildman–Crippen LogP) is 10.2. The number of rotatable bonds is 35. The standard InChI is InChI=1S/C38H70NO8P/c1-3-5-7-9-11-13-15-16-17-18-19-20-21-23-24-26-28-30-37(40)44-34-36(35-46-48(42,43)45-33-32-39)47-38(41)31-29-27-25-22-14-12-10-8-6-4-2/h11,13,16-17,19-20,36H,3-10,12,14-15,18,21-35,39H2,1-2H3,(H,42,43)/b13-11+,17-16+,20-19+/t36-/m0/s1. The fourth-order valence-corrected chi connectivity index (χ4v) is 5.70. The lowest BCUT2D eigenvalue weighted by Gasteiger charge is -2.19. The van der Waals surface area contributed by atoms with Crippen LogP contribution in [0.2, 0.25) is 0 Å². The van der Waals surface area contributed by atoms with Gasteiger partial charge in [0.15, 0.2) is 6.10 Å². The third-order valence-electron chi connectivity index (χ3n) is 7.78.